The zero-order valence-electron chi connectivity index (χ0n) is 11.7. The number of amides is 1. The van der Waals surface area contributed by atoms with Gasteiger partial charge in [0.2, 0.25) is 5.91 Å². The van der Waals surface area contributed by atoms with Gasteiger partial charge in [0.25, 0.3) is 0 Å². The van der Waals surface area contributed by atoms with Crippen molar-refractivity contribution in [2.24, 2.45) is 11.1 Å². The van der Waals surface area contributed by atoms with Crippen molar-refractivity contribution in [2.45, 2.75) is 19.9 Å². The molecule has 0 saturated carbocycles. The molecule has 1 unspecified atom stereocenters. The molecule has 5 nitrogen and oxygen atoms in total. The number of rotatable bonds is 4. The normalized spacial score (nSPS) is 22.8. The van der Waals surface area contributed by atoms with E-state index in [9.17, 15) is 4.79 Å². The maximum atomic E-state index is 12.0. The molecule has 1 rings (SSSR count). The van der Waals surface area contributed by atoms with Gasteiger partial charge in [-0.3, -0.25) is 9.69 Å². The van der Waals surface area contributed by atoms with Gasteiger partial charge in [-0.2, -0.15) is 0 Å². The van der Waals surface area contributed by atoms with Gasteiger partial charge in [0.05, 0.1) is 10.4 Å². The zero-order valence-corrected chi connectivity index (χ0v) is 12.5. The number of nitrogens with two attached hydrogens (primary N) is 1. The van der Waals surface area contributed by atoms with Gasteiger partial charge in [0, 0.05) is 32.2 Å². The third-order valence-electron chi connectivity index (χ3n) is 3.66. The van der Waals surface area contributed by atoms with Crippen LogP contribution in [0.15, 0.2) is 0 Å². The van der Waals surface area contributed by atoms with Crippen molar-refractivity contribution in [1.29, 1.82) is 0 Å². The summed E-state index contributed by atoms with van der Waals surface area (Å²) < 4.78 is 0. The van der Waals surface area contributed by atoms with Crippen LogP contribution < -0.4 is 11.1 Å². The van der Waals surface area contributed by atoms with Gasteiger partial charge in [0.15, 0.2) is 0 Å². The topological polar surface area (TPSA) is 61.6 Å². The van der Waals surface area contributed by atoms with Crippen molar-refractivity contribution in [2.75, 3.05) is 40.3 Å². The molecule has 18 heavy (non-hydrogen) atoms. The SMILES string of the molecule is CN1CCN(C)C(CNC(=O)C(C)(C)C(N)=S)C1. The van der Waals surface area contributed by atoms with Crippen LogP contribution in [0.1, 0.15) is 13.8 Å². The number of carbonyl (C=O) groups excluding carboxylic acids is 1. The van der Waals surface area contributed by atoms with E-state index in [4.69, 9.17) is 18.0 Å². The van der Waals surface area contributed by atoms with Crippen molar-refractivity contribution in [3.8, 4) is 0 Å². The highest BCUT2D eigenvalue weighted by Gasteiger charge is 2.32. The molecule has 0 aromatic heterocycles. The summed E-state index contributed by atoms with van der Waals surface area (Å²) in [5.74, 6) is -0.100. The molecule has 1 fully saturated rings. The number of hydrogen-bond donors (Lipinski definition) is 2. The summed E-state index contributed by atoms with van der Waals surface area (Å²) in [6, 6.07) is 0.342. The number of piperazine rings is 1. The fourth-order valence-electron chi connectivity index (χ4n) is 1.87. The molecule has 1 aliphatic rings. The van der Waals surface area contributed by atoms with Crippen molar-refractivity contribution < 1.29 is 4.79 Å². The molecule has 1 saturated heterocycles. The van der Waals surface area contributed by atoms with Gasteiger partial charge in [-0.15, -0.1) is 0 Å². The van der Waals surface area contributed by atoms with Crippen molar-refractivity contribution in [3.05, 3.63) is 0 Å². The largest absolute Gasteiger partial charge is 0.392 e. The summed E-state index contributed by atoms with van der Waals surface area (Å²) >= 11 is 4.92. The summed E-state index contributed by atoms with van der Waals surface area (Å²) in [5.41, 5.74) is 4.80. The van der Waals surface area contributed by atoms with E-state index in [2.05, 4.69) is 29.2 Å². The van der Waals surface area contributed by atoms with Crippen LogP contribution in [-0.2, 0) is 4.79 Å². The Hall–Kier alpha value is -0.720. The Kier molecular flexibility index (Phi) is 5.07. The lowest BCUT2D eigenvalue weighted by molar-refractivity contribution is -0.126. The number of carbonyl (C=O) groups is 1. The number of nitrogens with one attached hydrogen (secondary N) is 1. The second-order valence-electron chi connectivity index (χ2n) is 5.60. The van der Waals surface area contributed by atoms with Crippen molar-refractivity contribution >= 4 is 23.1 Å². The molecule has 0 aromatic rings. The molecule has 0 spiro atoms. The smallest absolute Gasteiger partial charge is 0.232 e. The molecule has 1 heterocycles. The van der Waals surface area contributed by atoms with E-state index in [1.165, 1.54) is 0 Å². The number of thiocarbonyl (C=S) groups is 1. The molecule has 1 atom stereocenters. The lowest BCUT2D eigenvalue weighted by Crippen LogP contribution is -2.56. The minimum Gasteiger partial charge on any atom is -0.392 e. The Balaban J connectivity index is 2.49. The molecule has 6 heteroatoms. The summed E-state index contributed by atoms with van der Waals surface area (Å²) in [5, 5.41) is 2.95. The second kappa shape index (κ2) is 5.95. The fraction of sp³-hybridized carbons (Fsp3) is 0.833. The third kappa shape index (κ3) is 3.63. The minimum atomic E-state index is -0.783. The molecular formula is C12H24N4OS. The van der Waals surface area contributed by atoms with Gasteiger partial charge < -0.3 is 16.0 Å². The van der Waals surface area contributed by atoms with Gasteiger partial charge in [-0.25, -0.2) is 0 Å². The summed E-state index contributed by atoms with van der Waals surface area (Å²) in [7, 11) is 4.18. The van der Waals surface area contributed by atoms with Crippen LogP contribution in [0, 0.1) is 5.41 Å². The zero-order chi connectivity index (χ0) is 13.9. The van der Waals surface area contributed by atoms with E-state index in [1.807, 2.05) is 0 Å². The first-order chi connectivity index (χ1) is 8.25. The predicted octanol–water partition coefficient (Wildman–Crippen LogP) is -0.339. The first-order valence-electron chi connectivity index (χ1n) is 6.22. The van der Waals surface area contributed by atoms with Gasteiger partial charge in [-0.1, -0.05) is 12.2 Å². The highest BCUT2D eigenvalue weighted by atomic mass is 32.1. The molecule has 0 radical (unpaired) electrons. The maximum Gasteiger partial charge on any atom is 0.232 e. The second-order valence-corrected chi connectivity index (χ2v) is 6.04. The number of likely N-dealkylation sites (N-methyl/N-ethyl adjacent to an activating group) is 2. The molecule has 1 aliphatic heterocycles. The quantitative estimate of drug-likeness (QED) is 0.686. The van der Waals surface area contributed by atoms with E-state index in [1.54, 1.807) is 13.8 Å². The van der Waals surface area contributed by atoms with Crippen LogP contribution in [-0.4, -0.2) is 67.0 Å². The van der Waals surface area contributed by atoms with Gasteiger partial charge in [0.1, 0.15) is 0 Å². The van der Waals surface area contributed by atoms with Crippen LogP contribution in [0.5, 0.6) is 0 Å². The minimum absolute atomic E-state index is 0.100. The van der Waals surface area contributed by atoms with E-state index in [0.717, 1.165) is 19.6 Å². The van der Waals surface area contributed by atoms with Gasteiger partial charge >= 0.3 is 0 Å². The summed E-state index contributed by atoms with van der Waals surface area (Å²) in [6.07, 6.45) is 0. The van der Waals surface area contributed by atoms with Crippen LogP contribution >= 0.6 is 12.2 Å². The van der Waals surface area contributed by atoms with E-state index in [-0.39, 0.29) is 10.9 Å². The van der Waals surface area contributed by atoms with E-state index >= 15 is 0 Å². The van der Waals surface area contributed by atoms with E-state index < -0.39 is 5.41 Å². The molecule has 104 valence electrons. The molecule has 1 amide bonds. The average Bonchev–Trinajstić information content (AvgIpc) is 2.29. The Morgan fingerprint density at radius 2 is 2.06 bits per heavy atom. The molecule has 3 N–H and O–H groups in total. The molecular weight excluding hydrogens is 248 g/mol. The lowest BCUT2D eigenvalue weighted by Gasteiger charge is -2.38. The van der Waals surface area contributed by atoms with Crippen molar-refractivity contribution in [1.82, 2.24) is 15.1 Å². The standard InChI is InChI=1S/C12H24N4OS/c1-12(2,10(13)18)11(17)14-7-9-8-15(3)5-6-16(9)4/h9H,5-8H2,1-4H3,(H2,13,18)(H,14,17). The average molecular weight is 272 g/mol. The van der Waals surface area contributed by atoms with Crippen LogP contribution in [0.2, 0.25) is 0 Å². The van der Waals surface area contributed by atoms with Crippen LogP contribution in [0.4, 0.5) is 0 Å². The molecule has 0 aliphatic carbocycles. The maximum absolute atomic E-state index is 12.0. The van der Waals surface area contributed by atoms with E-state index in [0.29, 0.717) is 12.6 Å². The summed E-state index contributed by atoms with van der Waals surface area (Å²) in [6.45, 7) is 7.19. The van der Waals surface area contributed by atoms with Crippen LogP contribution in [0.3, 0.4) is 0 Å². The highest BCUT2D eigenvalue weighted by Crippen LogP contribution is 2.15. The Morgan fingerprint density at radius 3 is 2.61 bits per heavy atom. The monoisotopic (exact) mass is 272 g/mol. The number of hydrogen-bond acceptors (Lipinski definition) is 4. The van der Waals surface area contributed by atoms with Crippen molar-refractivity contribution in [3.63, 3.8) is 0 Å². The molecule has 0 aromatic carbocycles. The summed E-state index contributed by atoms with van der Waals surface area (Å²) in [4.78, 5) is 16.8. The Bertz CT molecular complexity index is 332. The predicted molar refractivity (Wildman–Crippen MR) is 77.5 cm³/mol. The van der Waals surface area contributed by atoms with Gasteiger partial charge in [-0.05, 0) is 27.9 Å². The highest BCUT2D eigenvalue weighted by molar-refractivity contribution is 7.80. The fourth-order valence-corrected chi connectivity index (χ4v) is 1.96. The first-order valence-corrected chi connectivity index (χ1v) is 6.63. The Labute approximate surface area is 115 Å². The Morgan fingerprint density at radius 1 is 1.44 bits per heavy atom. The van der Waals surface area contributed by atoms with Crippen LogP contribution in [0.25, 0.3) is 0 Å². The number of nitrogens with zero attached hydrogens (tertiary/aromatic N) is 2. The lowest BCUT2D eigenvalue weighted by atomic mass is 9.92. The molecule has 0 bridgehead atoms. The third-order valence-corrected chi connectivity index (χ3v) is 4.17. The first kappa shape index (κ1) is 15.3.